The second-order valence-corrected chi connectivity index (χ2v) is 3.95. The minimum absolute atomic E-state index is 0.117. The quantitative estimate of drug-likeness (QED) is 0.640. The van der Waals surface area contributed by atoms with Gasteiger partial charge in [-0.1, -0.05) is 34.1 Å². The number of hydrogen-bond donors (Lipinski definition) is 3. The van der Waals surface area contributed by atoms with Gasteiger partial charge in [-0.3, -0.25) is 4.79 Å². The van der Waals surface area contributed by atoms with Gasteiger partial charge >= 0.3 is 0 Å². The summed E-state index contributed by atoms with van der Waals surface area (Å²) in [4.78, 5) is 11.6. The molecule has 0 bridgehead atoms. The van der Waals surface area contributed by atoms with Crippen LogP contribution >= 0.6 is 0 Å². The lowest BCUT2D eigenvalue weighted by Gasteiger charge is -2.22. The Kier molecular flexibility index (Phi) is 13.1. The molecule has 0 rings (SSSR count). The van der Waals surface area contributed by atoms with Gasteiger partial charge in [0.05, 0.1) is 0 Å². The summed E-state index contributed by atoms with van der Waals surface area (Å²) in [6.07, 6.45) is 1.66. The number of aliphatic hydroxyl groups excluding tert-OH is 1. The van der Waals surface area contributed by atoms with Crippen LogP contribution in [0.2, 0.25) is 0 Å². The third-order valence-electron chi connectivity index (χ3n) is 2.62. The predicted molar refractivity (Wildman–Crippen MR) is 73.0 cm³/mol. The van der Waals surface area contributed by atoms with Crippen LogP contribution in [0.3, 0.4) is 0 Å². The van der Waals surface area contributed by atoms with Gasteiger partial charge in [0.1, 0.15) is 6.10 Å². The van der Waals surface area contributed by atoms with Crippen molar-refractivity contribution in [1.29, 1.82) is 0 Å². The summed E-state index contributed by atoms with van der Waals surface area (Å²) in [5, 5.41) is 15.5. The highest BCUT2D eigenvalue weighted by Gasteiger charge is 2.24. The van der Waals surface area contributed by atoms with Crippen LogP contribution < -0.4 is 10.6 Å². The van der Waals surface area contributed by atoms with E-state index in [4.69, 9.17) is 0 Å². The molecule has 0 aromatic carbocycles. The number of rotatable bonds is 7. The predicted octanol–water partition coefficient (Wildman–Crippen LogP) is 1.68. The van der Waals surface area contributed by atoms with E-state index in [9.17, 15) is 9.90 Å². The van der Waals surface area contributed by atoms with Gasteiger partial charge in [-0.2, -0.15) is 0 Å². The lowest BCUT2D eigenvalue weighted by Crippen LogP contribution is -2.49. The Morgan fingerprint density at radius 1 is 1.29 bits per heavy atom. The summed E-state index contributed by atoms with van der Waals surface area (Å²) < 4.78 is 0. The summed E-state index contributed by atoms with van der Waals surface area (Å²) in [5.74, 6) is -0.280. The van der Waals surface area contributed by atoms with Crippen molar-refractivity contribution in [2.75, 3.05) is 7.05 Å². The molecule has 3 N–H and O–H groups in total. The van der Waals surface area contributed by atoms with Gasteiger partial charge in [0.25, 0.3) is 5.91 Å². The van der Waals surface area contributed by atoms with Gasteiger partial charge in [0.2, 0.25) is 0 Å². The molecule has 0 aromatic heterocycles. The number of nitrogens with one attached hydrogen (secondary N) is 2. The molecule has 0 heterocycles. The number of carbonyl (C=O) groups is 1. The highest BCUT2D eigenvalue weighted by Crippen LogP contribution is 2.03. The van der Waals surface area contributed by atoms with Crippen LogP contribution in [0.5, 0.6) is 0 Å². The maximum atomic E-state index is 11.6. The van der Waals surface area contributed by atoms with E-state index in [-0.39, 0.29) is 18.0 Å². The van der Waals surface area contributed by atoms with Crippen LogP contribution in [0.4, 0.5) is 0 Å². The SMILES string of the molecule is CC.CCCC(NC)C(O)C(=O)NC(C)CC. The fourth-order valence-corrected chi connectivity index (χ4v) is 1.38. The van der Waals surface area contributed by atoms with E-state index in [1.54, 1.807) is 7.05 Å². The molecule has 0 radical (unpaired) electrons. The van der Waals surface area contributed by atoms with Gasteiger partial charge in [0, 0.05) is 12.1 Å². The zero-order chi connectivity index (χ0) is 13.8. The number of hydrogen-bond acceptors (Lipinski definition) is 3. The molecule has 0 aliphatic rings. The Hall–Kier alpha value is -0.610. The Balaban J connectivity index is 0. The fraction of sp³-hybridized carbons (Fsp3) is 0.923. The molecule has 0 saturated carbocycles. The number of carbonyl (C=O) groups excluding carboxylic acids is 1. The average Bonchev–Trinajstić information content (AvgIpc) is 2.37. The molecule has 3 unspecified atom stereocenters. The number of amides is 1. The second-order valence-electron chi connectivity index (χ2n) is 3.95. The molecule has 17 heavy (non-hydrogen) atoms. The molecule has 0 aliphatic carbocycles. The van der Waals surface area contributed by atoms with Crippen molar-refractivity contribution in [1.82, 2.24) is 10.6 Å². The molecule has 104 valence electrons. The fourth-order valence-electron chi connectivity index (χ4n) is 1.38. The molecular weight excluding hydrogens is 216 g/mol. The van der Waals surface area contributed by atoms with E-state index in [2.05, 4.69) is 10.6 Å². The highest BCUT2D eigenvalue weighted by molar-refractivity contribution is 5.81. The minimum atomic E-state index is -0.955. The van der Waals surface area contributed by atoms with Crippen LogP contribution in [-0.4, -0.2) is 36.2 Å². The van der Waals surface area contributed by atoms with E-state index in [1.165, 1.54) is 0 Å². The van der Waals surface area contributed by atoms with Gasteiger partial charge in [-0.15, -0.1) is 0 Å². The van der Waals surface area contributed by atoms with Crippen molar-refractivity contribution < 1.29 is 9.90 Å². The van der Waals surface area contributed by atoms with Crippen molar-refractivity contribution >= 4 is 5.91 Å². The van der Waals surface area contributed by atoms with Gasteiger partial charge in [0.15, 0.2) is 0 Å². The van der Waals surface area contributed by atoms with E-state index >= 15 is 0 Å². The molecule has 4 heteroatoms. The number of aliphatic hydroxyl groups is 1. The number of likely N-dealkylation sites (N-methyl/N-ethyl adjacent to an activating group) is 1. The molecule has 0 saturated heterocycles. The summed E-state index contributed by atoms with van der Waals surface area (Å²) in [6, 6.07) is -0.0367. The zero-order valence-electron chi connectivity index (χ0n) is 12.2. The lowest BCUT2D eigenvalue weighted by atomic mass is 10.1. The van der Waals surface area contributed by atoms with E-state index in [0.717, 1.165) is 19.3 Å². The molecule has 0 aliphatic heterocycles. The first-order valence-corrected chi connectivity index (χ1v) is 6.72. The Labute approximate surface area is 106 Å². The zero-order valence-corrected chi connectivity index (χ0v) is 12.2. The maximum absolute atomic E-state index is 11.6. The first-order chi connectivity index (χ1) is 8.06. The van der Waals surface area contributed by atoms with Crippen LogP contribution in [-0.2, 0) is 4.79 Å². The molecule has 0 fully saturated rings. The monoisotopic (exact) mass is 246 g/mol. The largest absolute Gasteiger partial charge is 0.382 e. The smallest absolute Gasteiger partial charge is 0.250 e. The Morgan fingerprint density at radius 2 is 1.82 bits per heavy atom. The normalized spacial score (nSPS) is 15.2. The van der Waals surface area contributed by atoms with Gasteiger partial charge < -0.3 is 15.7 Å². The van der Waals surface area contributed by atoms with Crippen molar-refractivity contribution in [3.8, 4) is 0 Å². The molecular formula is C13H30N2O2. The minimum Gasteiger partial charge on any atom is -0.382 e. The lowest BCUT2D eigenvalue weighted by molar-refractivity contribution is -0.131. The third-order valence-corrected chi connectivity index (χ3v) is 2.62. The van der Waals surface area contributed by atoms with E-state index in [1.807, 2.05) is 34.6 Å². The molecule has 1 amide bonds. The summed E-state index contributed by atoms with van der Waals surface area (Å²) in [7, 11) is 1.76. The molecule has 0 spiro atoms. The first-order valence-electron chi connectivity index (χ1n) is 6.72. The van der Waals surface area contributed by atoms with Crippen molar-refractivity contribution in [2.45, 2.75) is 72.1 Å². The van der Waals surface area contributed by atoms with Crippen molar-refractivity contribution in [3.63, 3.8) is 0 Å². The Morgan fingerprint density at radius 3 is 2.18 bits per heavy atom. The van der Waals surface area contributed by atoms with Crippen molar-refractivity contribution in [2.24, 2.45) is 0 Å². The second kappa shape index (κ2) is 11.9. The summed E-state index contributed by atoms with van der Waals surface area (Å²) >= 11 is 0. The first kappa shape index (κ1) is 18.7. The molecule has 4 nitrogen and oxygen atoms in total. The highest BCUT2D eigenvalue weighted by atomic mass is 16.3. The van der Waals surface area contributed by atoms with Crippen LogP contribution in [0.25, 0.3) is 0 Å². The van der Waals surface area contributed by atoms with E-state index in [0.29, 0.717) is 0 Å². The Bertz CT molecular complexity index is 186. The van der Waals surface area contributed by atoms with E-state index < -0.39 is 6.10 Å². The van der Waals surface area contributed by atoms with Gasteiger partial charge in [-0.05, 0) is 26.8 Å². The molecule has 0 aromatic rings. The van der Waals surface area contributed by atoms with Gasteiger partial charge in [-0.25, -0.2) is 0 Å². The van der Waals surface area contributed by atoms with Crippen LogP contribution in [0.15, 0.2) is 0 Å². The third kappa shape index (κ3) is 8.16. The standard InChI is InChI=1S/C11H24N2O2.C2H6/c1-5-7-9(12-4)10(14)11(15)13-8(3)6-2;1-2/h8-10,12,14H,5-7H2,1-4H3,(H,13,15);1-2H3. The van der Waals surface area contributed by atoms with Crippen LogP contribution in [0, 0.1) is 0 Å². The summed E-state index contributed by atoms with van der Waals surface area (Å²) in [5.41, 5.74) is 0. The average molecular weight is 246 g/mol. The summed E-state index contributed by atoms with van der Waals surface area (Å²) in [6.45, 7) is 9.96. The van der Waals surface area contributed by atoms with Crippen LogP contribution in [0.1, 0.15) is 53.9 Å². The molecule has 3 atom stereocenters. The van der Waals surface area contributed by atoms with Crippen molar-refractivity contribution in [3.05, 3.63) is 0 Å². The topological polar surface area (TPSA) is 61.4 Å². The maximum Gasteiger partial charge on any atom is 0.250 e.